The highest BCUT2D eigenvalue weighted by Crippen LogP contribution is 2.36. The van der Waals surface area contributed by atoms with Gasteiger partial charge in [-0.05, 0) is 38.3 Å². The first-order valence-corrected chi connectivity index (χ1v) is 7.67. The molecule has 1 aliphatic carbocycles. The summed E-state index contributed by atoms with van der Waals surface area (Å²) >= 11 is 0. The van der Waals surface area contributed by atoms with Crippen molar-refractivity contribution < 1.29 is 0 Å². The van der Waals surface area contributed by atoms with E-state index >= 15 is 0 Å². The van der Waals surface area contributed by atoms with Crippen LogP contribution in [0.5, 0.6) is 0 Å². The van der Waals surface area contributed by atoms with Crippen molar-refractivity contribution in [2.45, 2.75) is 71.6 Å². The van der Waals surface area contributed by atoms with Crippen LogP contribution in [0.25, 0.3) is 0 Å². The van der Waals surface area contributed by atoms with Crippen LogP contribution in [0.1, 0.15) is 71.6 Å². The van der Waals surface area contributed by atoms with Gasteiger partial charge in [0, 0.05) is 6.54 Å². The maximum atomic E-state index is 2.48. The molecule has 1 heteroatoms. The lowest BCUT2D eigenvalue weighted by Crippen LogP contribution is -2.35. The summed E-state index contributed by atoms with van der Waals surface area (Å²) in [5, 5.41) is 0. The van der Waals surface area contributed by atoms with E-state index < -0.39 is 0 Å². The molecule has 0 bridgehead atoms. The first-order chi connectivity index (χ1) is 8.02. The molecule has 0 radical (unpaired) electrons. The van der Waals surface area contributed by atoms with Gasteiger partial charge in [-0.15, -0.1) is 0 Å². The Morgan fingerprint density at radius 3 is 1.65 bits per heavy atom. The monoisotopic (exact) mass is 239 g/mol. The topological polar surface area (TPSA) is 3.24 Å². The van der Waals surface area contributed by atoms with Gasteiger partial charge in [0.2, 0.25) is 0 Å². The van der Waals surface area contributed by atoms with Gasteiger partial charge in [-0.3, -0.25) is 0 Å². The first kappa shape index (κ1) is 15.0. The zero-order chi connectivity index (χ0) is 12.7. The molecule has 0 aliphatic heterocycles. The highest BCUT2D eigenvalue weighted by Gasteiger charge is 2.29. The van der Waals surface area contributed by atoms with E-state index in [2.05, 4.69) is 32.8 Å². The third-order valence-electron chi connectivity index (χ3n) is 4.43. The van der Waals surface area contributed by atoms with Crippen LogP contribution in [-0.4, -0.2) is 25.5 Å². The van der Waals surface area contributed by atoms with Gasteiger partial charge in [-0.2, -0.15) is 0 Å². The quantitative estimate of drug-likeness (QED) is 0.689. The molecule has 1 fully saturated rings. The Morgan fingerprint density at radius 1 is 0.824 bits per heavy atom. The molecule has 1 aliphatic rings. The molecule has 0 saturated heterocycles. The predicted octanol–water partition coefficient (Wildman–Crippen LogP) is 4.71. The van der Waals surface area contributed by atoms with E-state index in [-0.39, 0.29) is 0 Å². The number of hydrogen-bond acceptors (Lipinski definition) is 1. The minimum Gasteiger partial charge on any atom is -0.309 e. The van der Waals surface area contributed by atoms with Gasteiger partial charge in [0.05, 0.1) is 0 Å². The Labute approximate surface area is 109 Å². The lowest BCUT2D eigenvalue weighted by atomic mass is 9.73. The summed E-state index contributed by atoms with van der Waals surface area (Å²) in [6, 6.07) is 0. The van der Waals surface area contributed by atoms with Gasteiger partial charge in [0.1, 0.15) is 0 Å². The summed E-state index contributed by atoms with van der Waals surface area (Å²) < 4.78 is 0. The van der Waals surface area contributed by atoms with Gasteiger partial charge in [0.25, 0.3) is 0 Å². The summed E-state index contributed by atoms with van der Waals surface area (Å²) in [6.07, 6.45) is 13.2. The van der Waals surface area contributed by atoms with Crippen molar-refractivity contribution in [3.8, 4) is 0 Å². The van der Waals surface area contributed by atoms with Gasteiger partial charge < -0.3 is 4.90 Å². The zero-order valence-electron chi connectivity index (χ0n) is 12.6. The highest BCUT2D eigenvalue weighted by atomic mass is 15.1. The Morgan fingerprint density at radius 2 is 1.24 bits per heavy atom. The molecule has 0 heterocycles. The van der Waals surface area contributed by atoms with E-state index in [1.807, 2.05) is 0 Å². The molecule has 102 valence electrons. The molecule has 17 heavy (non-hydrogen) atoms. The van der Waals surface area contributed by atoms with E-state index in [9.17, 15) is 0 Å². The van der Waals surface area contributed by atoms with Crippen molar-refractivity contribution >= 4 is 0 Å². The zero-order valence-corrected chi connectivity index (χ0v) is 12.6. The van der Waals surface area contributed by atoms with Crippen LogP contribution < -0.4 is 0 Å². The summed E-state index contributed by atoms with van der Waals surface area (Å²) in [6.45, 7) is 6.19. The molecule has 0 atom stereocenters. The molecule has 0 unspecified atom stereocenters. The van der Waals surface area contributed by atoms with Crippen LogP contribution in [0.15, 0.2) is 0 Å². The molecule has 1 rings (SSSR count). The number of rotatable bonds is 3. The Bertz CT molecular complexity index is 186. The number of hydrogen-bond donors (Lipinski definition) is 0. The van der Waals surface area contributed by atoms with E-state index in [1.54, 1.807) is 0 Å². The van der Waals surface area contributed by atoms with Crippen molar-refractivity contribution in [1.82, 2.24) is 4.90 Å². The van der Waals surface area contributed by atoms with Gasteiger partial charge in [-0.25, -0.2) is 0 Å². The normalized spacial score (nSPS) is 21.7. The summed E-state index contributed by atoms with van der Waals surface area (Å²) in [5.41, 5.74) is 0.489. The summed E-state index contributed by atoms with van der Waals surface area (Å²) in [7, 11) is 4.42. The van der Waals surface area contributed by atoms with Gasteiger partial charge in [0.15, 0.2) is 0 Å². The molecular formula is C16H33N. The first-order valence-electron chi connectivity index (χ1n) is 7.67. The maximum Gasteiger partial charge on any atom is 0.00292 e. The predicted molar refractivity (Wildman–Crippen MR) is 77.4 cm³/mol. The minimum absolute atomic E-state index is 0.489. The van der Waals surface area contributed by atoms with E-state index in [1.165, 1.54) is 64.3 Å². The van der Waals surface area contributed by atoms with Crippen molar-refractivity contribution in [3.05, 3.63) is 0 Å². The molecule has 0 spiro atoms. The summed E-state index contributed by atoms with van der Waals surface area (Å²) in [5.74, 6) is 0.933. The van der Waals surface area contributed by atoms with Crippen LogP contribution in [0.4, 0.5) is 0 Å². The minimum atomic E-state index is 0.489. The third-order valence-corrected chi connectivity index (χ3v) is 4.43. The van der Waals surface area contributed by atoms with Crippen LogP contribution in [0.2, 0.25) is 0 Å². The van der Waals surface area contributed by atoms with Crippen molar-refractivity contribution in [3.63, 3.8) is 0 Å². The lowest BCUT2D eigenvalue weighted by Gasteiger charge is -2.37. The van der Waals surface area contributed by atoms with Gasteiger partial charge >= 0.3 is 0 Å². The molecule has 0 aromatic rings. The molecule has 0 amide bonds. The standard InChI is InChI=1S/C16H33N/c1-16(2,14-17(3)4)15-12-10-8-6-5-7-9-11-13-15/h15H,5-14H2,1-4H3. The smallest absolute Gasteiger partial charge is 0.00292 e. The highest BCUT2D eigenvalue weighted by molar-refractivity contribution is 4.81. The van der Waals surface area contributed by atoms with Crippen molar-refractivity contribution in [1.29, 1.82) is 0 Å². The summed E-state index contributed by atoms with van der Waals surface area (Å²) in [4.78, 5) is 2.36. The Hall–Kier alpha value is -0.0400. The SMILES string of the molecule is CN(C)CC(C)(C)C1CCCCCCCCC1. The molecular weight excluding hydrogens is 206 g/mol. The van der Waals surface area contributed by atoms with Crippen LogP contribution in [-0.2, 0) is 0 Å². The lowest BCUT2D eigenvalue weighted by molar-refractivity contribution is 0.128. The van der Waals surface area contributed by atoms with E-state index in [0.29, 0.717) is 5.41 Å². The third kappa shape index (κ3) is 5.90. The number of nitrogens with zero attached hydrogens (tertiary/aromatic N) is 1. The van der Waals surface area contributed by atoms with E-state index in [0.717, 1.165) is 5.92 Å². The fraction of sp³-hybridized carbons (Fsp3) is 1.00. The molecule has 1 nitrogen and oxygen atoms in total. The van der Waals surface area contributed by atoms with Crippen LogP contribution >= 0.6 is 0 Å². The average molecular weight is 239 g/mol. The van der Waals surface area contributed by atoms with Crippen LogP contribution in [0.3, 0.4) is 0 Å². The van der Waals surface area contributed by atoms with Crippen molar-refractivity contribution in [2.75, 3.05) is 20.6 Å². The van der Waals surface area contributed by atoms with Gasteiger partial charge in [-0.1, -0.05) is 58.8 Å². The molecule has 0 aromatic carbocycles. The Kier molecular flexibility index (Phi) is 6.54. The average Bonchev–Trinajstić information content (AvgIpc) is 2.24. The van der Waals surface area contributed by atoms with E-state index in [4.69, 9.17) is 0 Å². The molecule has 0 aromatic heterocycles. The Balaban J connectivity index is 2.50. The second-order valence-corrected chi connectivity index (χ2v) is 6.98. The van der Waals surface area contributed by atoms with Crippen molar-refractivity contribution in [2.24, 2.45) is 11.3 Å². The molecule has 1 saturated carbocycles. The molecule has 0 N–H and O–H groups in total. The van der Waals surface area contributed by atoms with Crippen LogP contribution in [0, 0.1) is 11.3 Å². The fourth-order valence-corrected chi connectivity index (χ4v) is 3.54. The second kappa shape index (κ2) is 7.41. The fourth-order valence-electron chi connectivity index (χ4n) is 3.54. The second-order valence-electron chi connectivity index (χ2n) is 6.98. The largest absolute Gasteiger partial charge is 0.309 e. The maximum absolute atomic E-state index is 2.48.